The van der Waals surface area contributed by atoms with E-state index >= 15 is 0 Å². The highest BCUT2D eigenvalue weighted by atomic mass is 15.2. The second-order valence-corrected chi connectivity index (χ2v) is 6.74. The van der Waals surface area contributed by atoms with Crippen LogP contribution in [0.1, 0.15) is 45.1 Å². The van der Waals surface area contributed by atoms with Gasteiger partial charge in [0.2, 0.25) is 0 Å². The maximum absolute atomic E-state index is 4.62. The Kier molecular flexibility index (Phi) is 7.29. The van der Waals surface area contributed by atoms with Crippen molar-refractivity contribution in [3.8, 4) is 0 Å². The van der Waals surface area contributed by atoms with Gasteiger partial charge in [-0.3, -0.25) is 4.57 Å². The predicted octanol–water partition coefficient (Wildman–Crippen LogP) is 5.02. The van der Waals surface area contributed by atoms with E-state index in [0.717, 1.165) is 37.1 Å². The Hall–Kier alpha value is -3.02. The molecule has 0 bridgehead atoms. The van der Waals surface area contributed by atoms with Gasteiger partial charge >= 0.3 is 0 Å². The molecule has 6 nitrogen and oxygen atoms in total. The van der Waals surface area contributed by atoms with Gasteiger partial charge in [-0.15, -0.1) is 0 Å². The van der Waals surface area contributed by atoms with E-state index in [1.807, 2.05) is 41.4 Å². The lowest BCUT2D eigenvalue weighted by Crippen LogP contribution is -2.24. The van der Waals surface area contributed by atoms with Crippen LogP contribution in [0.15, 0.2) is 48.0 Å². The fourth-order valence-electron chi connectivity index (χ4n) is 2.86. The number of aromatic nitrogens is 4. The number of hydrogen-bond acceptors (Lipinski definition) is 4. The molecule has 0 N–H and O–H groups in total. The van der Waals surface area contributed by atoms with Crippen LogP contribution in [-0.4, -0.2) is 43.8 Å². The molecule has 0 amide bonds. The molecule has 0 atom stereocenters. The molecule has 0 radical (unpaired) electrons. The highest BCUT2D eigenvalue weighted by molar-refractivity contribution is 5.84. The first-order valence-electron chi connectivity index (χ1n) is 10.0. The van der Waals surface area contributed by atoms with Crippen molar-refractivity contribution in [3.05, 3.63) is 48.5 Å². The van der Waals surface area contributed by atoms with Gasteiger partial charge in [0.05, 0.1) is 6.34 Å². The first-order chi connectivity index (χ1) is 13.8. The normalized spacial score (nSPS) is 11.8. The number of imidazole rings is 1. The Balaban J connectivity index is 1.80. The molecular formula is C22H28N6. The molecule has 0 spiro atoms. The first-order valence-corrected chi connectivity index (χ1v) is 10.0. The average Bonchev–Trinajstić information content (AvgIpc) is 3.16. The smallest absolute Gasteiger partial charge is 0.185 e. The Morgan fingerprint density at radius 3 is 2.46 bits per heavy atom. The number of aliphatic imine (C=N–C) groups is 1. The van der Waals surface area contributed by atoms with Gasteiger partial charge in [-0.2, -0.15) is 0 Å². The standard InChI is InChI=1S/C22H28N6/c1-3-5-13-27(14-6-4-2)17-26-21-20-22(24-16-23-21)28(18-25-20)15-12-19-10-8-7-9-11-19/h7-12,15-18H,3-6,13-14H2,1-2H3/b15-12-,26-17+. The highest BCUT2D eigenvalue weighted by Gasteiger charge is 2.08. The zero-order valence-corrected chi connectivity index (χ0v) is 16.7. The van der Waals surface area contributed by atoms with E-state index in [1.54, 1.807) is 12.7 Å². The predicted molar refractivity (Wildman–Crippen MR) is 117 cm³/mol. The molecule has 0 saturated heterocycles. The summed E-state index contributed by atoms with van der Waals surface area (Å²) < 4.78 is 1.90. The molecule has 0 unspecified atom stereocenters. The van der Waals surface area contributed by atoms with Crippen LogP contribution in [0.2, 0.25) is 0 Å². The second kappa shape index (κ2) is 10.3. The SMILES string of the molecule is CCCCN(/C=N/c1ncnc2c1ncn2/C=C\c1ccccc1)CCCC. The van der Waals surface area contributed by atoms with E-state index < -0.39 is 0 Å². The number of nitrogens with zero attached hydrogens (tertiary/aromatic N) is 6. The summed E-state index contributed by atoms with van der Waals surface area (Å²) in [5.74, 6) is 0.606. The third-order valence-corrected chi connectivity index (χ3v) is 4.51. The third kappa shape index (κ3) is 5.25. The molecular weight excluding hydrogens is 348 g/mol. The van der Waals surface area contributed by atoms with Crippen LogP contribution in [0.5, 0.6) is 0 Å². The molecule has 2 heterocycles. The van der Waals surface area contributed by atoms with Crippen molar-refractivity contribution < 1.29 is 0 Å². The van der Waals surface area contributed by atoms with Crippen LogP contribution in [-0.2, 0) is 0 Å². The van der Waals surface area contributed by atoms with E-state index in [1.165, 1.54) is 12.8 Å². The number of rotatable bonds is 10. The zero-order chi connectivity index (χ0) is 19.6. The molecule has 0 aliphatic carbocycles. The van der Waals surface area contributed by atoms with Crippen LogP contribution in [0.3, 0.4) is 0 Å². The highest BCUT2D eigenvalue weighted by Crippen LogP contribution is 2.20. The quantitative estimate of drug-likeness (QED) is 0.368. The van der Waals surface area contributed by atoms with Crippen molar-refractivity contribution in [3.63, 3.8) is 0 Å². The summed E-state index contributed by atoms with van der Waals surface area (Å²) in [5, 5.41) is 0. The molecule has 0 aliphatic heterocycles. The lowest BCUT2D eigenvalue weighted by atomic mass is 10.2. The molecule has 2 aromatic heterocycles. The fraction of sp³-hybridized carbons (Fsp3) is 0.364. The fourth-order valence-corrected chi connectivity index (χ4v) is 2.86. The first kappa shape index (κ1) is 19.7. The number of hydrogen-bond donors (Lipinski definition) is 0. The summed E-state index contributed by atoms with van der Waals surface area (Å²) in [6.07, 6.45) is 13.9. The molecule has 3 aromatic rings. The topological polar surface area (TPSA) is 59.2 Å². The van der Waals surface area contributed by atoms with Crippen LogP contribution in [0.4, 0.5) is 5.82 Å². The van der Waals surface area contributed by atoms with Crippen molar-refractivity contribution >= 4 is 35.6 Å². The number of unbranched alkanes of at least 4 members (excludes halogenated alkanes) is 2. The Morgan fingerprint density at radius 1 is 1.00 bits per heavy atom. The molecule has 146 valence electrons. The van der Waals surface area contributed by atoms with Gasteiger partial charge in [0.25, 0.3) is 0 Å². The Bertz CT molecular complexity index is 905. The summed E-state index contributed by atoms with van der Waals surface area (Å²) in [6.45, 7) is 6.45. The van der Waals surface area contributed by atoms with Gasteiger partial charge < -0.3 is 4.90 Å². The Labute approximate surface area is 166 Å². The van der Waals surface area contributed by atoms with E-state index in [9.17, 15) is 0 Å². The van der Waals surface area contributed by atoms with E-state index in [0.29, 0.717) is 11.3 Å². The largest absolute Gasteiger partial charge is 0.363 e. The van der Waals surface area contributed by atoms with Crippen molar-refractivity contribution in [2.24, 2.45) is 4.99 Å². The van der Waals surface area contributed by atoms with Crippen LogP contribution < -0.4 is 0 Å². The Morgan fingerprint density at radius 2 is 1.75 bits per heavy atom. The number of benzene rings is 1. The average molecular weight is 377 g/mol. The van der Waals surface area contributed by atoms with E-state index in [-0.39, 0.29) is 0 Å². The maximum atomic E-state index is 4.62. The summed E-state index contributed by atoms with van der Waals surface area (Å²) in [6, 6.07) is 10.2. The third-order valence-electron chi connectivity index (χ3n) is 4.51. The van der Waals surface area contributed by atoms with Crippen molar-refractivity contribution in [1.82, 2.24) is 24.4 Å². The monoisotopic (exact) mass is 376 g/mol. The van der Waals surface area contributed by atoms with Gasteiger partial charge in [-0.05, 0) is 24.5 Å². The molecule has 0 fully saturated rings. The van der Waals surface area contributed by atoms with Gasteiger partial charge in [-0.25, -0.2) is 19.9 Å². The maximum Gasteiger partial charge on any atom is 0.185 e. The van der Waals surface area contributed by atoms with Gasteiger partial charge in [0, 0.05) is 19.3 Å². The summed E-state index contributed by atoms with van der Waals surface area (Å²) in [4.78, 5) is 20.1. The number of fused-ring (bicyclic) bond motifs is 1. The summed E-state index contributed by atoms with van der Waals surface area (Å²) in [5.41, 5.74) is 2.59. The van der Waals surface area contributed by atoms with Crippen LogP contribution in [0.25, 0.3) is 23.4 Å². The molecule has 0 saturated carbocycles. The minimum absolute atomic E-state index is 0.606. The molecule has 28 heavy (non-hydrogen) atoms. The minimum Gasteiger partial charge on any atom is -0.363 e. The lowest BCUT2D eigenvalue weighted by Gasteiger charge is -2.18. The summed E-state index contributed by atoms with van der Waals surface area (Å²) >= 11 is 0. The van der Waals surface area contributed by atoms with Gasteiger partial charge in [-0.1, -0.05) is 57.0 Å². The van der Waals surface area contributed by atoms with E-state index in [4.69, 9.17) is 0 Å². The van der Waals surface area contributed by atoms with Crippen LogP contribution >= 0.6 is 0 Å². The molecule has 3 rings (SSSR count). The lowest BCUT2D eigenvalue weighted by molar-refractivity contribution is 0.409. The van der Waals surface area contributed by atoms with Crippen molar-refractivity contribution in [1.29, 1.82) is 0 Å². The minimum atomic E-state index is 0.606. The van der Waals surface area contributed by atoms with E-state index in [2.05, 4.69) is 50.8 Å². The zero-order valence-electron chi connectivity index (χ0n) is 16.7. The van der Waals surface area contributed by atoms with Crippen molar-refractivity contribution in [2.75, 3.05) is 13.1 Å². The second-order valence-electron chi connectivity index (χ2n) is 6.74. The van der Waals surface area contributed by atoms with Gasteiger partial charge in [0.1, 0.15) is 12.7 Å². The van der Waals surface area contributed by atoms with Gasteiger partial charge in [0.15, 0.2) is 17.0 Å². The van der Waals surface area contributed by atoms with Crippen molar-refractivity contribution in [2.45, 2.75) is 39.5 Å². The molecule has 1 aromatic carbocycles. The van der Waals surface area contributed by atoms with Crippen LogP contribution in [0, 0.1) is 0 Å². The molecule has 0 aliphatic rings. The molecule has 6 heteroatoms. The summed E-state index contributed by atoms with van der Waals surface area (Å²) in [7, 11) is 0.